The first-order chi connectivity index (χ1) is 12.4. The molecule has 116 valence electrons. The van der Waals surface area contributed by atoms with Crippen molar-refractivity contribution in [3.63, 3.8) is 0 Å². The van der Waals surface area contributed by atoms with Gasteiger partial charge >= 0.3 is 0 Å². The van der Waals surface area contributed by atoms with E-state index in [0.29, 0.717) is 0 Å². The van der Waals surface area contributed by atoms with Crippen molar-refractivity contribution in [3.8, 4) is 0 Å². The summed E-state index contributed by atoms with van der Waals surface area (Å²) < 4.78 is 4.43. The van der Waals surface area contributed by atoms with E-state index in [0.717, 1.165) is 5.39 Å². The number of hydrogen-bond acceptors (Lipinski definition) is 0. The van der Waals surface area contributed by atoms with Gasteiger partial charge in [0.1, 0.15) is 5.52 Å². The molecule has 0 fully saturated rings. The molecule has 25 heavy (non-hydrogen) atoms. The molecular weight excluding hydrogens is 304 g/mol. The third kappa shape index (κ3) is 1.66. The molecule has 0 saturated carbocycles. The quantitative estimate of drug-likeness (QED) is 0.213. The Balaban J connectivity index is 1.98. The summed E-state index contributed by atoms with van der Waals surface area (Å²) in [6, 6.07) is 30.1. The van der Waals surface area contributed by atoms with Crippen molar-refractivity contribution in [1.29, 1.82) is 0 Å². The molecular formula is C23H14N2. The summed E-state index contributed by atoms with van der Waals surface area (Å²) in [5, 5.41) is 6.14. The van der Waals surface area contributed by atoms with Gasteiger partial charge in [-0.05, 0) is 22.9 Å². The van der Waals surface area contributed by atoms with Crippen LogP contribution >= 0.6 is 0 Å². The molecule has 0 saturated heterocycles. The average molecular weight is 318 g/mol. The van der Waals surface area contributed by atoms with Crippen LogP contribution in [0.1, 0.15) is 0 Å². The first kappa shape index (κ1) is 13.0. The fraction of sp³-hybridized carbons (Fsp3) is 0. The first-order valence-electron chi connectivity index (χ1n) is 8.48. The zero-order chi connectivity index (χ0) is 16.4. The minimum absolute atomic E-state index is 1.13. The molecule has 0 aliphatic rings. The van der Waals surface area contributed by atoms with Crippen molar-refractivity contribution in [3.05, 3.63) is 91.1 Å². The smallest absolute Gasteiger partial charge is 0.170 e. The summed E-state index contributed by atoms with van der Waals surface area (Å²) in [6.07, 6.45) is 3.58. The van der Waals surface area contributed by atoms with E-state index in [1.54, 1.807) is 0 Å². The molecule has 0 N–H and O–H groups in total. The van der Waals surface area contributed by atoms with E-state index in [1.165, 1.54) is 38.1 Å². The van der Waals surface area contributed by atoms with E-state index in [2.05, 4.69) is 100 Å². The van der Waals surface area contributed by atoms with Crippen LogP contribution in [0.15, 0.2) is 84.9 Å². The summed E-state index contributed by atoms with van der Waals surface area (Å²) in [4.78, 5) is 0. The predicted octanol–water partition coefficient (Wildman–Crippen LogP) is 4.94. The highest BCUT2D eigenvalue weighted by Crippen LogP contribution is 2.27. The highest BCUT2D eigenvalue weighted by Gasteiger charge is 2.13. The van der Waals surface area contributed by atoms with Gasteiger partial charge in [-0.2, -0.15) is 9.03 Å². The Morgan fingerprint density at radius 1 is 0.640 bits per heavy atom. The second kappa shape index (κ2) is 4.58. The SMILES string of the molecule is [c-]1c2cc3ccccc3cc2n2c3ccccc3c3ccccc3[n+]12. The lowest BCUT2D eigenvalue weighted by Gasteiger charge is -2.07. The van der Waals surface area contributed by atoms with Gasteiger partial charge in [-0.3, -0.25) is 0 Å². The fourth-order valence-electron chi connectivity index (χ4n) is 3.94. The highest BCUT2D eigenvalue weighted by atomic mass is 15.3. The summed E-state index contributed by atoms with van der Waals surface area (Å²) in [5.41, 5.74) is 3.55. The molecule has 6 rings (SSSR count). The van der Waals surface area contributed by atoms with Crippen LogP contribution in [-0.2, 0) is 0 Å². The van der Waals surface area contributed by atoms with Crippen molar-refractivity contribution in [2.24, 2.45) is 0 Å². The monoisotopic (exact) mass is 318 g/mol. The van der Waals surface area contributed by atoms with E-state index < -0.39 is 0 Å². The molecule has 0 unspecified atom stereocenters. The van der Waals surface area contributed by atoms with Gasteiger partial charge < -0.3 is 0 Å². The molecule has 4 aromatic carbocycles. The lowest BCUT2D eigenvalue weighted by molar-refractivity contribution is -0.588. The first-order valence-corrected chi connectivity index (χ1v) is 8.48. The van der Waals surface area contributed by atoms with Crippen LogP contribution in [0, 0.1) is 6.20 Å². The normalized spacial score (nSPS) is 12.0. The lowest BCUT2D eigenvalue weighted by Crippen LogP contribution is -2.29. The summed E-state index contributed by atoms with van der Waals surface area (Å²) in [7, 11) is 0. The maximum absolute atomic E-state index is 3.58. The van der Waals surface area contributed by atoms with Gasteiger partial charge in [0.15, 0.2) is 11.7 Å². The second-order valence-electron chi connectivity index (χ2n) is 6.49. The van der Waals surface area contributed by atoms with Crippen LogP contribution in [0.5, 0.6) is 0 Å². The Morgan fingerprint density at radius 2 is 1.32 bits per heavy atom. The Labute approximate surface area is 144 Å². The summed E-state index contributed by atoms with van der Waals surface area (Å²) in [5.74, 6) is 0. The van der Waals surface area contributed by atoms with Gasteiger partial charge in [0.25, 0.3) is 0 Å². The number of para-hydroxylation sites is 2. The van der Waals surface area contributed by atoms with Gasteiger partial charge in [-0.15, -0.1) is 6.07 Å². The molecule has 0 amide bonds. The molecule has 0 aliphatic heterocycles. The summed E-state index contributed by atoms with van der Waals surface area (Å²) >= 11 is 0. The Kier molecular flexibility index (Phi) is 2.37. The van der Waals surface area contributed by atoms with Crippen LogP contribution in [0.4, 0.5) is 0 Å². The van der Waals surface area contributed by atoms with Crippen LogP contribution in [0.25, 0.3) is 43.5 Å². The van der Waals surface area contributed by atoms with E-state index in [4.69, 9.17) is 0 Å². The molecule has 0 bridgehead atoms. The number of fused-ring (bicyclic) bond motifs is 9. The van der Waals surface area contributed by atoms with E-state index in [9.17, 15) is 0 Å². The number of benzene rings is 4. The number of hydrogen-bond donors (Lipinski definition) is 0. The predicted molar refractivity (Wildman–Crippen MR) is 102 cm³/mol. The topological polar surface area (TPSA) is 8.51 Å². The van der Waals surface area contributed by atoms with E-state index >= 15 is 0 Å². The van der Waals surface area contributed by atoms with Crippen molar-refractivity contribution < 1.29 is 4.52 Å². The maximum atomic E-state index is 3.58. The molecule has 0 spiro atoms. The van der Waals surface area contributed by atoms with Gasteiger partial charge in [0.2, 0.25) is 0 Å². The molecule has 0 atom stereocenters. The molecule has 6 aromatic rings. The van der Waals surface area contributed by atoms with Crippen molar-refractivity contribution in [2.75, 3.05) is 0 Å². The zero-order valence-electron chi connectivity index (χ0n) is 13.5. The third-order valence-corrected chi connectivity index (χ3v) is 5.07. The van der Waals surface area contributed by atoms with Crippen LogP contribution < -0.4 is 4.52 Å². The van der Waals surface area contributed by atoms with Crippen molar-refractivity contribution in [1.82, 2.24) is 4.52 Å². The number of aromatic nitrogens is 2. The lowest BCUT2D eigenvalue weighted by atomic mass is 10.1. The zero-order valence-corrected chi connectivity index (χ0v) is 13.5. The van der Waals surface area contributed by atoms with E-state index in [1.807, 2.05) is 0 Å². The second-order valence-corrected chi connectivity index (χ2v) is 6.49. The van der Waals surface area contributed by atoms with E-state index in [-0.39, 0.29) is 0 Å². The van der Waals surface area contributed by atoms with Gasteiger partial charge in [-0.25, -0.2) is 0 Å². The van der Waals surface area contributed by atoms with Gasteiger partial charge in [-0.1, -0.05) is 72.1 Å². The molecule has 0 radical (unpaired) electrons. The average Bonchev–Trinajstić information content (AvgIpc) is 3.05. The third-order valence-electron chi connectivity index (χ3n) is 5.07. The number of rotatable bonds is 0. The molecule has 2 nitrogen and oxygen atoms in total. The molecule has 2 heterocycles. The summed E-state index contributed by atoms with van der Waals surface area (Å²) in [6.45, 7) is 0. The molecule has 2 heteroatoms. The van der Waals surface area contributed by atoms with Gasteiger partial charge in [0, 0.05) is 16.3 Å². The maximum Gasteiger partial charge on any atom is 0.187 e. The fourth-order valence-corrected chi connectivity index (χ4v) is 3.94. The Hall–Kier alpha value is -3.39. The molecule has 2 aromatic heterocycles. The minimum atomic E-state index is 1.13. The standard InChI is InChI=1S/C23H14N2/c1-2-8-17-14-23-18(13-16(17)7-1)15-24-21-11-5-3-9-19(21)20-10-4-6-12-22(20)25(23)24/h1-14H. The van der Waals surface area contributed by atoms with Crippen molar-refractivity contribution >= 4 is 43.5 Å². The Bertz CT molecular complexity index is 1440. The van der Waals surface area contributed by atoms with Crippen molar-refractivity contribution in [2.45, 2.75) is 0 Å². The minimum Gasteiger partial charge on any atom is -0.170 e. The Morgan fingerprint density at radius 3 is 2.20 bits per heavy atom. The van der Waals surface area contributed by atoms with Gasteiger partial charge in [0.05, 0.1) is 0 Å². The highest BCUT2D eigenvalue weighted by molar-refractivity contribution is 6.04. The van der Waals surface area contributed by atoms with Crippen LogP contribution in [0.2, 0.25) is 0 Å². The van der Waals surface area contributed by atoms with Crippen LogP contribution in [-0.4, -0.2) is 4.52 Å². The number of nitrogens with zero attached hydrogens (tertiary/aromatic N) is 2. The van der Waals surface area contributed by atoms with Crippen LogP contribution in [0.3, 0.4) is 0 Å². The molecule has 0 aliphatic carbocycles. The largest absolute Gasteiger partial charge is 0.187 e.